The Balaban J connectivity index is 0.00000225. The van der Waals surface area contributed by atoms with Crippen LogP contribution in [0.2, 0.25) is 0 Å². The Labute approximate surface area is 183 Å². The van der Waals surface area contributed by atoms with E-state index in [-0.39, 0.29) is 41.2 Å². The molecule has 0 amide bonds. The molecule has 0 radical (unpaired) electrons. The Kier molecular flexibility index (Phi) is 5.83. The van der Waals surface area contributed by atoms with Crippen LogP contribution in [0.1, 0.15) is 0 Å². The summed E-state index contributed by atoms with van der Waals surface area (Å²) in [6.07, 6.45) is 0. The van der Waals surface area contributed by atoms with Gasteiger partial charge in [0.25, 0.3) is 0 Å². The fraction of sp³-hybridized carbons (Fsp3) is 0.400. The van der Waals surface area contributed by atoms with Crippen molar-refractivity contribution in [2.45, 2.75) is 4.90 Å². The van der Waals surface area contributed by atoms with Crippen molar-refractivity contribution >= 4 is 33.4 Å². The minimum Gasteiger partial charge on any atom is -0.744 e. The normalized spacial score (nSPS) is 23.8. The topological polar surface area (TPSA) is 157 Å². The van der Waals surface area contributed by atoms with Gasteiger partial charge in [0.05, 0.1) is 30.2 Å². The quantitative estimate of drug-likeness (QED) is 0.196. The Bertz CT molecular complexity index is 1040. The van der Waals surface area contributed by atoms with Crippen molar-refractivity contribution in [2.24, 2.45) is 0 Å². The van der Waals surface area contributed by atoms with Crippen molar-refractivity contribution in [1.82, 2.24) is 24.3 Å². The molecule has 0 atom stereocenters. The number of fused-ring (bicyclic) bond motifs is 3. The number of hydrogen-bond acceptors (Lipinski definition) is 9. The molecular weight excluding hydrogens is 397 g/mol. The van der Waals surface area contributed by atoms with E-state index < -0.39 is 20.7 Å². The molecule has 13 heteroatoms. The summed E-state index contributed by atoms with van der Waals surface area (Å²) in [5.74, 6) is 0.648. The van der Waals surface area contributed by atoms with Gasteiger partial charge in [-0.15, -0.1) is 4.98 Å². The molecular formula is C15H19N7NaO4S+. The molecule has 0 saturated carbocycles. The average molecular weight is 416 g/mol. The number of aromatic nitrogens is 3. The molecule has 0 aliphatic carbocycles. The van der Waals surface area contributed by atoms with Crippen molar-refractivity contribution in [1.29, 1.82) is 0 Å². The number of benzene rings is 1. The summed E-state index contributed by atoms with van der Waals surface area (Å²) in [5, 5.41) is 2.86. The number of rotatable bonds is 4. The van der Waals surface area contributed by atoms with Gasteiger partial charge in [-0.2, -0.15) is 4.98 Å². The maximum Gasteiger partial charge on any atom is 1.00 e. The van der Waals surface area contributed by atoms with E-state index in [1.807, 2.05) is 0 Å². The average Bonchev–Trinajstić information content (AvgIpc) is 2.62. The Morgan fingerprint density at radius 3 is 2.39 bits per heavy atom. The molecule has 2 bridgehead atoms. The smallest absolute Gasteiger partial charge is 0.744 e. The number of piperazine rings is 3. The minimum atomic E-state index is -4.65. The number of anilines is 3. The standard InChI is InChI=1S/C15H19N7O4S.Na/c16-11-9-10(1-2-12(11)27(24,25)26)17-13-18-14(20-15(23)19-13)22-6-3-21(4-7-22)5-8-22;/h1-2,9H,3-8,16H2,(H2-,17,18,19,20,23,24,25,26);/q;+1. The van der Waals surface area contributed by atoms with Crippen LogP contribution in [0.25, 0.3) is 0 Å². The summed E-state index contributed by atoms with van der Waals surface area (Å²) in [7, 11) is -4.65. The molecule has 4 N–H and O–H groups in total. The number of nitrogens with zero attached hydrogens (tertiary/aromatic N) is 4. The summed E-state index contributed by atoms with van der Waals surface area (Å²) in [6, 6.07) is 3.78. The zero-order valence-electron chi connectivity index (χ0n) is 15.4. The first-order valence-corrected chi connectivity index (χ1v) is 9.86. The summed E-state index contributed by atoms with van der Waals surface area (Å²) in [5.41, 5.74) is 5.32. The molecule has 0 spiro atoms. The molecule has 3 saturated heterocycles. The summed E-state index contributed by atoms with van der Waals surface area (Å²) >= 11 is 0. The largest absolute Gasteiger partial charge is 1.00 e. The number of H-pyrrole nitrogens is 1. The second-order valence-corrected chi connectivity index (χ2v) is 8.14. The van der Waals surface area contributed by atoms with Crippen LogP contribution in [-0.2, 0) is 10.1 Å². The number of nitrogen functional groups attached to an aromatic ring is 1. The van der Waals surface area contributed by atoms with E-state index in [0.29, 0.717) is 16.1 Å². The maximum absolute atomic E-state index is 12.1. The molecule has 3 aliphatic rings. The van der Waals surface area contributed by atoms with E-state index in [1.54, 1.807) is 0 Å². The van der Waals surface area contributed by atoms with Crippen molar-refractivity contribution < 1.29 is 42.5 Å². The van der Waals surface area contributed by atoms with Crippen molar-refractivity contribution in [3.8, 4) is 0 Å². The van der Waals surface area contributed by atoms with Crippen molar-refractivity contribution in [3.05, 3.63) is 28.7 Å². The molecule has 0 unspecified atom stereocenters. The minimum absolute atomic E-state index is 0. The molecule has 3 aliphatic heterocycles. The second-order valence-electron chi connectivity index (χ2n) is 6.79. The maximum atomic E-state index is 12.1. The third-order valence-electron chi connectivity index (χ3n) is 5.16. The number of nitrogens with two attached hydrogens (primary N) is 1. The molecule has 1 aromatic heterocycles. The van der Waals surface area contributed by atoms with Crippen molar-refractivity contribution in [3.63, 3.8) is 0 Å². The van der Waals surface area contributed by atoms with Gasteiger partial charge in [0.15, 0.2) is 0 Å². The number of hydrogen-bond donors (Lipinski definition) is 3. The fourth-order valence-corrected chi connectivity index (χ4v) is 4.21. The van der Waals surface area contributed by atoms with Crippen LogP contribution in [0, 0.1) is 0 Å². The van der Waals surface area contributed by atoms with Crippen LogP contribution in [0.3, 0.4) is 0 Å². The molecule has 28 heavy (non-hydrogen) atoms. The first-order valence-electron chi connectivity index (χ1n) is 8.45. The van der Waals surface area contributed by atoms with E-state index >= 15 is 0 Å². The molecule has 11 nitrogen and oxygen atoms in total. The number of nitrogens with one attached hydrogen (secondary N) is 2. The van der Waals surface area contributed by atoms with Gasteiger partial charge >= 0.3 is 41.2 Å². The predicted molar refractivity (Wildman–Crippen MR) is 97.6 cm³/mol. The van der Waals surface area contributed by atoms with E-state index in [0.717, 1.165) is 45.3 Å². The Morgan fingerprint density at radius 1 is 1.18 bits per heavy atom. The van der Waals surface area contributed by atoms with E-state index in [4.69, 9.17) is 5.73 Å². The molecule has 3 fully saturated rings. The van der Waals surface area contributed by atoms with Crippen LogP contribution >= 0.6 is 0 Å². The molecule has 1 aromatic carbocycles. The van der Waals surface area contributed by atoms with E-state index in [2.05, 4.69) is 25.2 Å². The fourth-order valence-electron chi connectivity index (χ4n) is 3.62. The van der Waals surface area contributed by atoms with Gasteiger partial charge in [-0.1, -0.05) is 0 Å². The van der Waals surface area contributed by atoms with Crippen molar-refractivity contribution in [2.75, 3.05) is 50.3 Å². The first-order chi connectivity index (χ1) is 12.7. The van der Waals surface area contributed by atoms with Gasteiger partial charge in [-0.3, -0.25) is 9.38 Å². The predicted octanol–water partition coefficient (Wildman–Crippen LogP) is -3.96. The van der Waals surface area contributed by atoms with Crippen LogP contribution in [-0.4, -0.2) is 72.1 Å². The third kappa shape index (κ3) is 4.08. The second kappa shape index (κ2) is 7.71. The van der Waals surface area contributed by atoms with Gasteiger partial charge in [-0.05, 0) is 18.2 Å². The van der Waals surface area contributed by atoms with Gasteiger partial charge in [-0.25, -0.2) is 18.2 Å². The Hall–Kier alpha value is -1.54. The molecule has 2 aromatic rings. The Morgan fingerprint density at radius 2 is 1.82 bits per heavy atom. The molecule has 144 valence electrons. The van der Waals surface area contributed by atoms with Crippen LogP contribution in [0.15, 0.2) is 27.9 Å². The molecule has 4 heterocycles. The van der Waals surface area contributed by atoms with E-state index in [9.17, 15) is 17.8 Å². The van der Waals surface area contributed by atoms with Gasteiger partial charge in [0.2, 0.25) is 5.95 Å². The summed E-state index contributed by atoms with van der Waals surface area (Å²) in [6.45, 7) is 5.48. The number of aromatic amines is 1. The van der Waals surface area contributed by atoms with Gasteiger partial charge in [0, 0.05) is 25.3 Å². The number of quaternary nitrogens is 1. The van der Waals surface area contributed by atoms with Crippen LogP contribution in [0.4, 0.5) is 23.3 Å². The summed E-state index contributed by atoms with van der Waals surface area (Å²) < 4.78 is 34.0. The zero-order chi connectivity index (χ0) is 19.2. The monoisotopic (exact) mass is 416 g/mol. The van der Waals surface area contributed by atoms with Gasteiger partial charge < -0.3 is 15.6 Å². The summed E-state index contributed by atoms with van der Waals surface area (Å²) in [4.78, 5) is 25.0. The third-order valence-corrected chi connectivity index (χ3v) is 6.07. The van der Waals surface area contributed by atoms with Crippen LogP contribution in [0.5, 0.6) is 0 Å². The first kappa shape index (κ1) is 21.2. The zero-order valence-corrected chi connectivity index (χ0v) is 18.2. The molecule has 5 rings (SSSR count). The SMILES string of the molecule is Nc1cc(Nc2nc([N+]34CCN(CC3)CC4)[nH]c(=O)n2)ccc1S(=O)(=O)[O-].[Na+]. The van der Waals surface area contributed by atoms with Crippen LogP contribution < -0.4 is 50.8 Å². The van der Waals surface area contributed by atoms with E-state index in [1.165, 1.54) is 12.1 Å². The van der Waals surface area contributed by atoms with Gasteiger partial charge in [0.1, 0.15) is 10.1 Å².